The van der Waals surface area contributed by atoms with Gasteiger partial charge in [0.15, 0.2) is 0 Å². The van der Waals surface area contributed by atoms with Gasteiger partial charge >= 0.3 is 15.4 Å². The lowest BCUT2D eigenvalue weighted by Gasteiger charge is -1.79. The minimum atomic E-state index is 0.344. The molecule has 0 bridgehead atoms. The molecule has 0 aliphatic rings. The van der Waals surface area contributed by atoms with Crippen molar-refractivity contribution in [2.24, 2.45) is 0 Å². The molecule has 0 atom stereocenters. The first-order chi connectivity index (χ1) is 3.41. The van der Waals surface area contributed by atoms with E-state index in [-0.39, 0.29) is 0 Å². The van der Waals surface area contributed by atoms with Gasteiger partial charge in [0, 0.05) is 6.61 Å². The first-order valence-corrected chi connectivity index (χ1v) is 5.43. The maximum atomic E-state index is 8.07. The normalized spacial score (nSPS) is 6.71. The Morgan fingerprint density at radius 1 is 1.57 bits per heavy atom. The summed E-state index contributed by atoms with van der Waals surface area (Å²) in [6, 6.07) is 0. The van der Waals surface area contributed by atoms with Gasteiger partial charge in [-0.3, -0.25) is 10.0 Å². The van der Waals surface area contributed by atoms with E-state index in [2.05, 4.69) is 6.92 Å². The maximum Gasteiger partial charge on any atom is 0.353 e. The van der Waals surface area contributed by atoms with Gasteiger partial charge in [-0.1, -0.05) is 13.3 Å². The predicted molar refractivity (Wildman–Crippen MR) is 36.4 cm³/mol. The van der Waals surface area contributed by atoms with E-state index in [1.165, 1.54) is 0 Å². The van der Waals surface area contributed by atoms with Crippen LogP contribution in [0.2, 0.25) is 0 Å². The van der Waals surface area contributed by atoms with Crippen molar-refractivity contribution in [2.75, 3.05) is 6.61 Å². The van der Waals surface area contributed by atoms with E-state index in [1.807, 2.05) is 0 Å². The summed E-state index contributed by atoms with van der Waals surface area (Å²) in [7, 11) is 4.78. The summed E-state index contributed by atoms with van der Waals surface area (Å²) in [6.45, 7) is 2.40. The van der Waals surface area contributed by atoms with Gasteiger partial charge in [-0.25, -0.2) is 0 Å². The molecule has 44 valence electrons. The standard InChI is InChI=1S/C4H10O.Al.ClH.2H/c1-2-3-4-5;;;;/h5H,2-4H2,1H3;;1H;;/q;+1;;;/p-1. The zero-order valence-corrected chi connectivity index (χ0v) is 7.70. The molecule has 0 saturated heterocycles. The number of aliphatic hydroxyl groups is 1. The van der Waals surface area contributed by atoms with E-state index in [0.717, 1.165) is 28.2 Å². The Kier molecular flexibility index (Phi) is 24.2. The summed E-state index contributed by atoms with van der Waals surface area (Å²) in [5, 5.41) is 8.07. The van der Waals surface area contributed by atoms with Crippen LogP contribution in [-0.2, 0) is 0 Å². The summed E-state index contributed by atoms with van der Waals surface area (Å²) in [6.07, 6.45) is 2.04. The average molecular weight is 139 g/mol. The van der Waals surface area contributed by atoms with Gasteiger partial charge in [0.05, 0.1) is 0 Å². The SMILES string of the molecule is CCCCO.[AlH2][Cl]. The van der Waals surface area contributed by atoms with E-state index in [1.54, 1.807) is 0 Å². The summed E-state index contributed by atoms with van der Waals surface area (Å²) in [4.78, 5) is 0. The van der Waals surface area contributed by atoms with Crippen molar-refractivity contribution in [3.05, 3.63) is 0 Å². The average Bonchev–Trinajstić information content (AvgIpc) is 1.75. The van der Waals surface area contributed by atoms with Gasteiger partial charge in [-0.05, 0) is 6.42 Å². The second-order valence-electron chi connectivity index (χ2n) is 1.08. The first kappa shape index (κ1) is 10.7. The molecule has 1 N–H and O–H groups in total. The molecule has 0 aromatic carbocycles. The van der Waals surface area contributed by atoms with Crippen molar-refractivity contribution in [3.63, 3.8) is 0 Å². The number of halogens is 1. The van der Waals surface area contributed by atoms with Crippen LogP contribution in [0.15, 0.2) is 0 Å². The van der Waals surface area contributed by atoms with Crippen molar-refractivity contribution in [1.82, 2.24) is 0 Å². The fraction of sp³-hybridized carbons (Fsp3) is 1.00. The molecule has 0 aliphatic carbocycles. The van der Waals surface area contributed by atoms with Crippen LogP contribution < -0.4 is 0 Å². The van der Waals surface area contributed by atoms with E-state index in [9.17, 15) is 0 Å². The zero-order chi connectivity index (χ0) is 6.12. The number of aliphatic hydroxyl groups excluding tert-OH is 1. The first-order valence-electron chi connectivity index (χ1n) is 2.40. The molecular weight excluding hydrogens is 126 g/mol. The topological polar surface area (TPSA) is 20.2 Å². The molecule has 0 radical (unpaired) electrons. The molecule has 0 aromatic heterocycles. The number of rotatable bonds is 2. The van der Waals surface area contributed by atoms with Gasteiger partial charge in [0.2, 0.25) is 0 Å². The highest BCUT2D eigenvalue weighted by Crippen LogP contribution is 1.78. The van der Waals surface area contributed by atoms with Crippen LogP contribution in [0.1, 0.15) is 19.8 Å². The highest BCUT2D eigenvalue weighted by atomic mass is 35.6. The molecule has 1 nitrogen and oxygen atoms in total. The minimum Gasteiger partial charge on any atom is -0.396 e. The molecule has 0 amide bonds. The van der Waals surface area contributed by atoms with Crippen LogP contribution in [0.5, 0.6) is 0 Å². The molecule has 3 heteroatoms. The van der Waals surface area contributed by atoms with E-state index in [0.29, 0.717) is 6.61 Å². The Balaban J connectivity index is 0. The lowest BCUT2D eigenvalue weighted by molar-refractivity contribution is 0.287. The van der Waals surface area contributed by atoms with Crippen LogP contribution >= 0.6 is 10.0 Å². The molecule has 7 heavy (non-hydrogen) atoms. The Morgan fingerprint density at radius 3 is 2.00 bits per heavy atom. The van der Waals surface area contributed by atoms with Crippen molar-refractivity contribution in [3.8, 4) is 0 Å². The van der Waals surface area contributed by atoms with Crippen molar-refractivity contribution in [2.45, 2.75) is 19.8 Å². The molecular formula is C4H12AlClO. The molecule has 0 saturated carbocycles. The Bertz CT molecular complexity index is 19.2. The Morgan fingerprint density at radius 2 is 2.00 bits per heavy atom. The molecule has 0 unspecified atom stereocenters. The monoisotopic (exact) mass is 138 g/mol. The highest BCUT2D eigenvalue weighted by Gasteiger charge is 1.69. The summed E-state index contributed by atoms with van der Waals surface area (Å²) >= 11 is 0.778. The lowest BCUT2D eigenvalue weighted by Crippen LogP contribution is -1.75. The predicted octanol–water partition coefficient (Wildman–Crippen LogP) is 0.552. The van der Waals surface area contributed by atoms with Crippen LogP contribution in [0.25, 0.3) is 0 Å². The second kappa shape index (κ2) is 15.9. The maximum absolute atomic E-state index is 8.07. The summed E-state index contributed by atoms with van der Waals surface area (Å²) in [5.74, 6) is 0. The molecule has 0 spiro atoms. The van der Waals surface area contributed by atoms with Crippen molar-refractivity contribution < 1.29 is 5.11 Å². The smallest absolute Gasteiger partial charge is 0.353 e. The largest absolute Gasteiger partial charge is 0.396 e. The van der Waals surface area contributed by atoms with Crippen LogP contribution in [0.4, 0.5) is 0 Å². The fourth-order valence-corrected chi connectivity index (χ4v) is 0.158. The molecule has 0 aliphatic heterocycles. The zero-order valence-electron chi connectivity index (χ0n) is 4.95. The van der Waals surface area contributed by atoms with Gasteiger partial charge in [-0.2, -0.15) is 0 Å². The quantitative estimate of drug-likeness (QED) is 0.553. The second-order valence-corrected chi connectivity index (χ2v) is 1.08. The molecule has 0 rings (SSSR count). The third kappa shape index (κ3) is 20.0. The van der Waals surface area contributed by atoms with Crippen LogP contribution in [0, 0.1) is 0 Å². The number of hydrogen-bond acceptors (Lipinski definition) is 1. The van der Waals surface area contributed by atoms with Gasteiger partial charge in [-0.15, -0.1) is 0 Å². The summed E-state index contributed by atoms with van der Waals surface area (Å²) < 4.78 is 0. The Hall–Kier alpha value is 0.782. The third-order valence-corrected chi connectivity index (χ3v) is 0.512. The van der Waals surface area contributed by atoms with Gasteiger partial charge < -0.3 is 5.11 Å². The van der Waals surface area contributed by atoms with Gasteiger partial charge in [0.1, 0.15) is 0 Å². The van der Waals surface area contributed by atoms with Crippen molar-refractivity contribution in [1.29, 1.82) is 0 Å². The molecule has 0 heterocycles. The van der Waals surface area contributed by atoms with Crippen LogP contribution in [0.3, 0.4) is 0 Å². The van der Waals surface area contributed by atoms with Crippen LogP contribution in [-0.4, -0.2) is 27.1 Å². The minimum absolute atomic E-state index is 0.344. The Labute approximate surface area is 57.3 Å². The lowest BCUT2D eigenvalue weighted by atomic mass is 10.4. The van der Waals surface area contributed by atoms with Crippen molar-refractivity contribution >= 4 is 25.4 Å². The molecule has 0 fully saturated rings. The fourth-order valence-electron chi connectivity index (χ4n) is 0.158. The number of unbranched alkanes of at least 4 members (excludes halogenated alkanes) is 1. The van der Waals surface area contributed by atoms with Gasteiger partial charge in [0.25, 0.3) is 0 Å². The number of hydrogen-bond donors (Lipinski definition) is 1. The van der Waals surface area contributed by atoms with E-state index in [4.69, 9.17) is 15.2 Å². The third-order valence-electron chi connectivity index (χ3n) is 0.512. The highest BCUT2D eigenvalue weighted by molar-refractivity contribution is 6.80. The molecule has 0 aromatic rings. The van der Waals surface area contributed by atoms with E-state index < -0.39 is 0 Å². The summed E-state index contributed by atoms with van der Waals surface area (Å²) in [5.41, 5.74) is 0. The van der Waals surface area contributed by atoms with E-state index >= 15 is 0 Å².